The Labute approximate surface area is 102 Å². The van der Waals surface area contributed by atoms with E-state index in [0.717, 1.165) is 0 Å². The molecule has 0 aromatic carbocycles. The normalized spacial score (nSPS) is 12.8. The number of aromatic nitrogens is 2. The van der Waals surface area contributed by atoms with E-state index in [1.54, 1.807) is 22.0 Å². The van der Waals surface area contributed by atoms with Crippen LogP contribution in [0.15, 0.2) is 12.4 Å². The Morgan fingerprint density at radius 3 is 2.59 bits per heavy atom. The maximum atomic E-state index is 12.2. The van der Waals surface area contributed by atoms with Gasteiger partial charge in [0.1, 0.15) is 0 Å². The minimum atomic E-state index is -0.171. The van der Waals surface area contributed by atoms with Crippen molar-refractivity contribution in [2.75, 3.05) is 13.2 Å². The van der Waals surface area contributed by atoms with Crippen LogP contribution in [0.1, 0.15) is 44.1 Å². The van der Waals surface area contributed by atoms with E-state index in [2.05, 4.69) is 5.10 Å². The van der Waals surface area contributed by atoms with Gasteiger partial charge in [-0.05, 0) is 27.7 Å². The van der Waals surface area contributed by atoms with E-state index < -0.39 is 0 Å². The van der Waals surface area contributed by atoms with Crippen molar-refractivity contribution in [2.24, 2.45) is 0 Å². The van der Waals surface area contributed by atoms with Crippen LogP contribution in [-0.2, 0) is 0 Å². The summed E-state index contributed by atoms with van der Waals surface area (Å²) in [6.45, 7) is 8.29. The molecule has 0 radical (unpaired) electrons. The average Bonchev–Trinajstić information content (AvgIpc) is 2.78. The summed E-state index contributed by atoms with van der Waals surface area (Å²) in [5.41, 5.74) is 0.570. The van der Waals surface area contributed by atoms with Gasteiger partial charge in [-0.15, -0.1) is 0 Å². The molecular weight excluding hydrogens is 218 g/mol. The minimum Gasteiger partial charge on any atom is -0.394 e. The maximum absolute atomic E-state index is 12.2. The molecule has 0 saturated heterocycles. The molecule has 0 bridgehead atoms. The van der Waals surface area contributed by atoms with Gasteiger partial charge in [-0.2, -0.15) is 5.10 Å². The summed E-state index contributed by atoms with van der Waals surface area (Å²) in [6, 6.07) is 0.0665. The van der Waals surface area contributed by atoms with Gasteiger partial charge in [0.15, 0.2) is 0 Å². The molecule has 1 atom stereocenters. The van der Waals surface area contributed by atoms with E-state index in [9.17, 15) is 4.79 Å². The fraction of sp³-hybridized carbons (Fsp3) is 0.667. The molecule has 96 valence electrons. The van der Waals surface area contributed by atoms with Crippen molar-refractivity contribution < 1.29 is 9.90 Å². The average molecular weight is 239 g/mol. The van der Waals surface area contributed by atoms with E-state index in [0.29, 0.717) is 12.1 Å². The second-order valence-electron chi connectivity index (χ2n) is 4.43. The zero-order valence-corrected chi connectivity index (χ0v) is 10.9. The molecule has 0 aliphatic heterocycles. The minimum absolute atomic E-state index is 0.0299. The lowest BCUT2D eigenvalue weighted by Gasteiger charge is -2.25. The summed E-state index contributed by atoms with van der Waals surface area (Å²) >= 11 is 0. The largest absolute Gasteiger partial charge is 0.394 e. The van der Waals surface area contributed by atoms with Crippen LogP contribution in [0.4, 0.5) is 0 Å². The van der Waals surface area contributed by atoms with E-state index in [4.69, 9.17) is 5.11 Å². The van der Waals surface area contributed by atoms with Gasteiger partial charge >= 0.3 is 0 Å². The molecule has 1 heterocycles. The van der Waals surface area contributed by atoms with Crippen molar-refractivity contribution >= 4 is 5.91 Å². The highest BCUT2D eigenvalue weighted by Gasteiger charge is 2.20. The summed E-state index contributed by atoms with van der Waals surface area (Å²) < 4.78 is 1.75. The van der Waals surface area contributed by atoms with Crippen LogP contribution in [0.5, 0.6) is 0 Å². The van der Waals surface area contributed by atoms with Gasteiger partial charge in [-0.25, -0.2) is 0 Å². The molecule has 1 aromatic heterocycles. The van der Waals surface area contributed by atoms with Crippen molar-refractivity contribution in [3.05, 3.63) is 18.0 Å². The van der Waals surface area contributed by atoms with E-state index in [-0.39, 0.29) is 24.6 Å². The van der Waals surface area contributed by atoms with Gasteiger partial charge in [0.05, 0.1) is 24.4 Å². The first kappa shape index (κ1) is 13.7. The lowest BCUT2D eigenvalue weighted by Crippen LogP contribution is -2.40. The number of aliphatic hydroxyl groups excluding tert-OH is 1. The van der Waals surface area contributed by atoms with Gasteiger partial charge in [-0.1, -0.05) is 0 Å². The number of hydrogen-bond acceptors (Lipinski definition) is 3. The Balaban J connectivity index is 2.86. The van der Waals surface area contributed by atoms with Crippen molar-refractivity contribution in [3.8, 4) is 0 Å². The zero-order chi connectivity index (χ0) is 13.0. The highest BCUT2D eigenvalue weighted by Crippen LogP contribution is 2.10. The first-order valence-electron chi connectivity index (χ1n) is 5.97. The summed E-state index contributed by atoms with van der Waals surface area (Å²) in [6.07, 6.45) is 3.33. The molecule has 0 spiro atoms. The Morgan fingerprint density at radius 1 is 1.53 bits per heavy atom. The summed E-state index contributed by atoms with van der Waals surface area (Å²) in [7, 11) is 0. The zero-order valence-electron chi connectivity index (χ0n) is 10.9. The van der Waals surface area contributed by atoms with Crippen LogP contribution in [0.2, 0.25) is 0 Å². The third kappa shape index (κ3) is 3.06. The first-order valence-corrected chi connectivity index (χ1v) is 5.97. The quantitative estimate of drug-likeness (QED) is 0.842. The number of aliphatic hydroxyl groups is 1. The van der Waals surface area contributed by atoms with Crippen LogP contribution in [0, 0.1) is 0 Å². The molecule has 5 heteroatoms. The van der Waals surface area contributed by atoms with E-state index >= 15 is 0 Å². The molecule has 0 aliphatic carbocycles. The van der Waals surface area contributed by atoms with Crippen LogP contribution in [0.3, 0.4) is 0 Å². The van der Waals surface area contributed by atoms with E-state index in [1.807, 2.05) is 27.7 Å². The molecule has 5 nitrogen and oxygen atoms in total. The number of amides is 1. The Kier molecular flexibility index (Phi) is 4.69. The predicted molar refractivity (Wildman–Crippen MR) is 65.9 cm³/mol. The lowest BCUT2D eigenvalue weighted by atomic mass is 10.2. The number of likely N-dealkylation sites (N-methyl/N-ethyl adjacent to an activating group) is 1. The molecule has 1 unspecified atom stereocenters. The Bertz CT molecular complexity index is 374. The second kappa shape index (κ2) is 5.82. The third-order valence-electron chi connectivity index (χ3n) is 2.78. The van der Waals surface area contributed by atoms with Gasteiger partial charge in [0, 0.05) is 18.8 Å². The first-order chi connectivity index (χ1) is 8.01. The van der Waals surface area contributed by atoms with Gasteiger partial charge in [-0.3, -0.25) is 9.48 Å². The summed E-state index contributed by atoms with van der Waals surface area (Å²) in [5.74, 6) is -0.0825. The highest BCUT2D eigenvalue weighted by atomic mass is 16.3. The maximum Gasteiger partial charge on any atom is 0.257 e. The molecular formula is C12H21N3O2. The number of carbonyl (C=O) groups excluding carboxylic acids is 1. The topological polar surface area (TPSA) is 58.4 Å². The number of carbonyl (C=O) groups is 1. The predicted octanol–water partition coefficient (Wildman–Crippen LogP) is 1.31. The molecule has 1 N–H and O–H groups in total. The second-order valence-corrected chi connectivity index (χ2v) is 4.43. The van der Waals surface area contributed by atoms with Gasteiger partial charge in [0.2, 0.25) is 0 Å². The molecule has 1 rings (SSSR count). The van der Waals surface area contributed by atoms with Gasteiger partial charge in [0.25, 0.3) is 5.91 Å². The molecule has 0 aliphatic rings. The summed E-state index contributed by atoms with van der Waals surface area (Å²) in [5, 5.41) is 13.3. The van der Waals surface area contributed by atoms with Crippen molar-refractivity contribution in [1.29, 1.82) is 0 Å². The van der Waals surface area contributed by atoms with Gasteiger partial charge < -0.3 is 10.0 Å². The van der Waals surface area contributed by atoms with Crippen molar-refractivity contribution in [1.82, 2.24) is 14.7 Å². The molecule has 0 saturated carbocycles. The molecule has 1 amide bonds. The number of nitrogens with zero attached hydrogens (tertiary/aromatic N) is 3. The fourth-order valence-corrected chi connectivity index (χ4v) is 1.65. The molecule has 0 fully saturated rings. The Morgan fingerprint density at radius 2 is 2.18 bits per heavy atom. The van der Waals surface area contributed by atoms with Crippen molar-refractivity contribution in [3.63, 3.8) is 0 Å². The Hall–Kier alpha value is -1.36. The number of hydrogen-bond donors (Lipinski definition) is 1. The SMILES string of the molecule is CCN(C(=O)c1cnn(C(C)C)c1)C(C)CO. The van der Waals surface area contributed by atoms with Crippen LogP contribution in [-0.4, -0.2) is 44.9 Å². The van der Waals surface area contributed by atoms with E-state index in [1.165, 1.54) is 0 Å². The standard InChI is InChI=1S/C12H21N3O2/c1-5-14(10(4)8-16)12(17)11-6-13-15(7-11)9(2)3/h6-7,9-10,16H,5,8H2,1-4H3. The smallest absolute Gasteiger partial charge is 0.257 e. The monoisotopic (exact) mass is 239 g/mol. The summed E-state index contributed by atoms with van der Waals surface area (Å²) in [4.78, 5) is 13.8. The van der Waals surface area contributed by atoms with Crippen LogP contribution in [0.25, 0.3) is 0 Å². The van der Waals surface area contributed by atoms with Crippen molar-refractivity contribution in [2.45, 2.75) is 39.8 Å². The fourth-order valence-electron chi connectivity index (χ4n) is 1.65. The third-order valence-corrected chi connectivity index (χ3v) is 2.78. The number of rotatable bonds is 5. The molecule has 1 aromatic rings. The highest BCUT2D eigenvalue weighted by molar-refractivity contribution is 5.93. The molecule has 17 heavy (non-hydrogen) atoms. The van der Waals surface area contributed by atoms with Crippen LogP contribution < -0.4 is 0 Å². The lowest BCUT2D eigenvalue weighted by molar-refractivity contribution is 0.0632. The van der Waals surface area contributed by atoms with Crippen LogP contribution >= 0.6 is 0 Å².